The summed E-state index contributed by atoms with van der Waals surface area (Å²) in [6.45, 7) is 0.569. The van der Waals surface area contributed by atoms with Gasteiger partial charge in [-0.25, -0.2) is 9.37 Å². The number of halogens is 2. The van der Waals surface area contributed by atoms with Gasteiger partial charge < -0.3 is 14.6 Å². The second-order valence-corrected chi connectivity index (χ2v) is 5.32. The minimum absolute atomic E-state index is 0.0490. The fourth-order valence-electron chi connectivity index (χ4n) is 2.67. The van der Waals surface area contributed by atoms with Crippen LogP contribution in [0.2, 0.25) is 0 Å². The Bertz CT molecular complexity index is 701. The van der Waals surface area contributed by atoms with Crippen molar-refractivity contribution in [1.29, 1.82) is 0 Å². The summed E-state index contributed by atoms with van der Waals surface area (Å²) < 4.78 is 20.7. The highest BCUT2D eigenvalue weighted by Crippen LogP contribution is 2.27. The van der Waals surface area contributed by atoms with Gasteiger partial charge in [0.05, 0.1) is 24.0 Å². The van der Waals surface area contributed by atoms with Crippen LogP contribution in [0.3, 0.4) is 0 Å². The smallest absolute Gasteiger partial charge is 0.220 e. The molecular formula is C14H15ClFN3O2. The average Bonchev–Trinajstić information content (AvgIpc) is 3.02. The van der Waals surface area contributed by atoms with Gasteiger partial charge >= 0.3 is 0 Å². The molecule has 2 heterocycles. The molecule has 1 aromatic carbocycles. The number of nitrogens with one attached hydrogen (secondary N) is 1. The third kappa shape index (κ3) is 2.55. The zero-order valence-electron chi connectivity index (χ0n) is 11.5. The van der Waals surface area contributed by atoms with Crippen LogP contribution < -0.4 is 10.1 Å². The van der Waals surface area contributed by atoms with E-state index < -0.39 is 5.82 Å². The van der Waals surface area contributed by atoms with Crippen molar-refractivity contribution < 1.29 is 13.9 Å². The second kappa shape index (κ2) is 5.52. The van der Waals surface area contributed by atoms with Crippen molar-refractivity contribution in [2.75, 3.05) is 7.11 Å². The maximum atomic E-state index is 13.8. The van der Waals surface area contributed by atoms with Crippen molar-refractivity contribution in [3.8, 4) is 5.75 Å². The molecule has 1 unspecified atom stereocenters. The van der Waals surface area contributed by atoms with Gasteiger partial charge in [0.2, 0.25) is 5.91 Å². The van der Waals surface area contributed by atoms with Crippen molar-refractivity contribution >= 4 is 28.5 Å². The molecule has 21 heavy (non-hydrogen) atoms. The monoisotopic (exact) mass is 311 g/mol. The number of benzene rings is 1. The van der Waals surface area contributed by atoms with Crippen LogP contribution in [-0.4, -0.2) is 28.6 Å². The molecule has 1 aliphatic rings. The van der Waals surface area contributed by atoms with Gasteiger partial charge in [0.15, 0.2) is 11.6 Å². The Kier molecular flexibility index (Phi) is 3.71. The number of alkyl halides is 1. The van der Waals surface area contributed by atoms with Gasteiger partial charge in [-0.2, -0.15) is 0 Å². The molecule has 0 aliphatic carbocycles. The molecule has 1 amide bonds. The first-order chi connectivity index (χ1) is 10.1. The number of carbonyl (C=O) groups is 1. The molecule has 1 fully saturated rings. The van der Waals surface area contributed by atoms with Crippen LogP contribution in [0.25, 0.3) is 11.0 Å². The van der Waals surface area contributed by atoms with Crippen LogP contribution in [0.1, 0.15) is 18.7 Å². The van der Waals surface area contributed by atoms with Crippen molar-refractivity contribution in [3.05, 3.63) is 23.8 Å². The fraction of sp³-hybridized carbons (Fsp3) is 0.429. The quantitative estimate of drug-likeness (QED) is 0.881. The second-order valence-electron chi connectivity index (χ2n) is 5.05. The molecule has 1 aliphatic heterocycles. The predicted octanol–water partition coefficient (Wildman–Crippen LogP) is 2.20. The Morgan fingerprint density at radius 1 is 1.57 bits per heavy atom. The molecule has 5 nitrogen and oxygen atoms in total. The van der Waals surface area contributed by atoms with Crippen LogP contribution in [0.15, 0.2) is 12.1 Å². The fourth-order valence-corrected chi connectivity index (χ4v) is 2.88. The Labute approximate surface area is 126 Å². The van der Waals surface area contributed by atoms with Gasteiger partial charge in [-0.15, -0.1) is 11.6 Å². The van der Waals surface area contributed by atoms with Crippen LogP contribution in [0, 0.1) is 5.82 Å². The van der Waals surface area contributed by atoms with E-state index in [0.717, 1.165) is 11.9 Å². The average molecular weight is 312 g/mol. The van der Waals surface area contributed by atoms with Crippen LogP contribution in [0.4, 0.5) is 4.39 Å². The lowest BCUT2D eigenvalue weighted by Gasteiger charge is -2.14. The van der Waals surface area contributed by atoms with E-state index in [1.165, 1.54) is 13.2 Å². The van der Waals surface area contributed by atoms with E-state index in [0.29, 0.717) is 24.3 Å². The van der Waals surface area contributed by atoms with Gasteiger partial charge in [0, 0.05) is 31.1 Å². The third-order valence-corrected chi connectivity index (χ3v) is 3.95. The zero-order valence-corrected chi connectivity index (χ0v) is 12.3. The summed E-state index contributed by atoms with van der Waals surface area (Å²) in [5.74, 6) is 0.644. The number of methoxy groups -OCH3 is 1. The summed E-state index contributed by atoms with van der Waals surface area (Å²) in [6.07, 6.45) is 1.31. The largest absolute Gasteiger partial charge is 0.494 e. The zero-order chi connectivity index (χ0) is 15.0. The first kappa shape index (κ1) is 14.1. The number of hydrogen-bond acceptors (Lipinski definition) is 3. The van der Waals surface area contributed by atoms with Crippen LogP contribution >= 0.6 is 11.6 Å². The van der Waals surface area contributed by atoms with Gasteiger partial charge in [-0.3, -0.25) is 4.79 Å². The molecule has 0 spiro atoms. The highest BCUT2D eigenvalue weighted by atomic mass is 35.5. The molecule has 1 aromatic heterocycles. The third-order valence-electron chi connectivity index (χ3n) is 3.71. The molecule has 1 atom stereocenters. The lowest BCUT2D eigenvalue weighted by molar-refractivity contribution is -0.119. The molecule has 0 bridgehead atoms. The van der Waals surface area contributed by atoms with E-state index in [-0.39, 0.29) is 23.6 Å². The topological polar surface area (TPSA) is 56.2 Å². The van der Waals surface area contributed by atoms with Gasteiger partial charge in [-0.05, 0) is 6.42 Å². The number of rotatable bonds is 4. The Morgan fingerprint density at radius 2 is 2.38 bits per heavy atom. The molecule has 0 saturated carbocycles. The number of ether oxygens (including phenoxy) is 1. The Hall–Kier alpha value is -1.82. The summed E-state index contributed by atoms with van der Waals surface area (Å²) in [7, 11) is 1.42. The van der Waals surface area contributed by atoms with E-state index in [2.05, 4.69) is 10.3 Å². The summed E-state index contributed by atoms with van der Waals surface area (Å²) in [6, 6.07) is 3.01. The molecule has 1 saturated heterocycles. The number of imidazole rings is 1. The SMILES string of the molecule is COc1cc2c(cc1F)nc(CCl)n2CC1CCC(=O)N1. The van der Waals surface area contributed by atoms with E-state index in [4.69, 9.17) is 16.3 Å². The van der Waals surface area contributed by atoms with Crippen LogP contribution in [-0.2, 0) is 17.2 Å². The molecule has 7 heteroatoms. The number of nitrogens with zero attached hydrogens (tertiary/aromatic N) is 2. The summed E-state index contributed by atoms with van der Waals surface area (Å²) in [4.78, 5) is 15.7. The predicted molar refractivity (Wildman–Crippen MR) is 77.0 cm³/mol. The number of aromatic nitrogens is 2. The molecule has 3 rings (SSSR count). The van der Waals surface area contributed by atoms with Crippen molar-refractivity contribution in [2.24, 2.45) is 0 Å². The van der Waals surface area contributed by atoms with Gasteiger partial charge in [0.1, 0.15) is 5.82 Å². The Morgan fingerprint density at radius 3 is 3.00 bits per heavy atom. The van der Waals surface area contributed by atoms with Gasteiger partial charge in [0.25, 0.3) is 0 Å². The van der Waals surface area contributed by atoms with Crippen molar-refractivity contribution in [1.82, 2.24) is 14.9 Å². The number of amides is 1. The number of hydrogen-bond donors (Lipinski definition) is 1. The first-order valence-corrected chi connectivity index (χ1v) is 7.23. The van der Waals surface area contributed by atoms with E-state index >= 15 is 0 Å². The molecule has 1 N–H and O–H groups in total. The molecular weight excluding hydrogens is 297 g/mol. The molecule has 112 valence electrons. The maximum Gasteiger partial charge on any atom is 0.220 e. The highest BCUT2D eigenvalue weighted by molar-refractivity contribution is 6.16. The summed E-state index contributed by atoms with van der Waals surface area (Å²) in [5, 5.41) is 2.91. The van der Waals surface area contributed by atoms with Crippen LogP contribution in [0.5, 0.6) is 5.75 Å². The molecule has 2 aromatic rings. The van der Waals surface area contributed by atoms with E-state index in [1.54, 1.807) is 6.07 Å². The van der Waals surface area contributed by atoms with E-state index in [9.17, 15) is 9.18 Å². The minimum atomic E-state index is -0.454. The van der Waals surface area contributed by atoms with Crippen molar-refractivity contribution in [3.63, 3.8) is 0 Å². The van der Waals surface area contributed by atoms with Gasteiger partial charge in [-0.1, -0.05) is 0 Å². The first-order valence-electron chi connectivity index (χ1n) is 6.70. The number of carbonyl (C=O) groups excluding carboxylic acids is 1. The lowest BCUT2D eigenvalue weighted by atomic mass is 10.2. The Balaban J connectivity index is 2.04. The normalized spacial score (nSPS) is 18.2. The number of fused-ring (bicyclic) bond motifs is 1. The highest BCUT2D eigenvalue weighted by Gasteiger charge is 2.23. The maximum absolute atomic E-state index is 13.8. The summed E-state index contributed by atoms with van der Waals surface area (Å²) in [5.41, 5.74) is 1.29. The lowest BCUT2D eigenvalue weighted by Crippen LogP contribution is -2.30. The van der Waals surface area contributed by atoms with E-state index in [1.807, 2.05) is 4.57 Å². The van der Waals surface area contributed by atoms with Crippen molar-refractivity contribution in [2.45, 2.75) is 31.3 Å². The summed E-state index contributed by atoms with van der Waals surface area (Å²) >= 11 is 5.94. The standard InChI is InChI=1S/C14H15ClFN3O2/c1-21-12-5-11-10(4-9(12)16)18-13(6-15)19(11)7-8-2-3-14(20)17-8/h4-5,8H,2-3,6-7H2,1H3,(H,17,20). The molecule has 0 radical (unpaired) electrons. The minimum Gasteiger partial charge on any atom is -0.494 e.